The highest BCUT2D eigenvalue weighted by molar-refractivity contribution is 7.99. The van der Waals surface area contributed by atoms with Crippen LogP contribution in [0.5, 0.6) is 0 Å². The molecule has 2 amide bonds. The summed E-state index contributed by atoms with van der Waals surface area (Å²) in [6.07, 6.45) is 2.17. The van der Waals surface area contributed by atoms with Gasteiger partial charge in [-0.15, -0.1) is 0 Å². The average molecular weight is 288 g/mol. The molecule has 1 aliphatic rings. The molecule has 0 spiro atoms. The molecule has 0 aromatic carbocycles. The fourth-order valence-electron chi connectivity index (χ4n) is 2.17. The minimum Gasteiger partial charge on any atom is -0.481 e. The van der Waals surface area contributed by atoms with E-state index in [2.05, 4.69) is 10.6 Å². The van der Waals surface area contributed by atoms with E-state index in [9.17, 15) is 14.7 Å². The van der Waals surface area contributed by atoms with E-state index in [4.69, 9.17) is 0 Å². The van der Waals surface area contributed by atoms with Crippen molar-refractivity contribution in [2.75, 3.05) is 24.6 Å². The number of hydrogen-bond acceptors (Lipinski definition) is 3. The molecule has 1 atom stereocenters. The monoisotopic (exact) mass is 288 g/mol. The molecule has 0 aromatic heterocycles. The van der Waals surface area contributed by atoms with E-state index in [0.717, 1.165) is 12.2 Å². The zero-order chi connectivity index (χ0) is 14.3. The number of urea groups is 1. The third-order valence-electron chi connectivity index (χ3n) is 3.97. The summed E-state index contributed by atoms with van der Waals surface area (Å²) in [6.45, 7) is 4.54. The Bertz CT molecular complexity index is 313. The van der Waals surface area contributed by atoms with Crippen LogP contribution in [0.1, 0.15) is 33.1 Å². The number of carboxylic acids is 1. The van der Waals surface area contributed by atoms with Crippen molar-refractivity contribution in [3.63, 3.8) is 0 Å². The summed E-state index contributed by atoms with van der Waals surface area (Å²) in [7, 11) is 0. The van der Waals surface area contributed by atoms with E-state index >= 15 is 0 Å². The fourth-order valence-corrected chi connectivity index (χ4v) is 3.46. The second kappa shape index (κ2) is 7.62. The predicted molar refractivity (Wildman–Crippen MR) is 77.5 cm³/mol. The molecular weight excluding hydrogens is 264 g/mol. The molecule has 1 saturated heterocycles. The first-order valence-electron chi connectivity index (χ1n) is 6.87. The molecule has 1 aliphatic heterocycles. The number of carboxylic acid groups (broad SMARTS) is 1. The van der Waals surface area contributed by atoms with Gasteiger partial charge in [-0.2, -0.15) is 11.8 Å². The van der Waals surface area contributed by atoms with Gasteiger partial charge in [0.05, 0.1) is 5.41 Å². The van der Waals surface area contributed by atoms with Gasteiger partial charge in [-0.1, -0.05) is 13.8 Å². The van der Waals surface area contributed by atoms with E-state index in [1.165, 1.54) is 5.75 Å². The molecular formula is C13H24N2O3S. The number of nitrogens with one attached hydrogen (secondary N) is 2. The maximum absolute atomic E-state index is 11.7. The van der Waals surface area contributed by atoms with Gasteiger partial charge in [-0.05, 0) is 36.7 Å². The first-order chi connectivity index (χ1) is 9.04. The van der Waals surface area contributed by atoms with Gasteiger partial charge in [-0.25, -0.2) is 4.79 Å². The highest BCUT2D eigenvalue weighted by Gasteiger charge is 2.35. The molecule has 5 nitrogen and oxygen atoms in total. The third kappa shape index (κ3) is 4.60. The number of carbonyl (C=O) groups excluding carboxylic acids is 1. The molecule has 19 heavy (non-hydrogen) atoms. The Labute approximate surface area is 118 Å². The summed E-state index contributed by atoms with van der Waals surface area (Å²) < 4.78 is 0. The Morgan fingerprint density at radius 2 is 2.00 bits per heavy atom. The smallest absolute Gasteiger partial charge is 0.314 e. The lowest BCUT2D eigenvalue weighted by molar-refractivity contribution is -0.149. The molecule has 1 heterocycles. The number of aliphatic carboxylic acids is 1. The Kier molecular flexibility index (Phi) is 6.48. The molecule has 0 saturated carbocycles. The minimum atomic E-state index is -0.847. The summed E-state index contributed by atoms with van der Waals surface area (Å²) in [6, 6.07) is -0.260. The van der Waals surface area contributed by atoms with Crippen LogP contribution in [0, 0.1) is 11.3 Å². The molecule has 1 unspecified atom stereocenters. The highest BCUT2D eigenvalue weighted by atomic mass is 32.2. The Morgan fingerprint density at radius 3 is 2.47 bits per heavy atom. The highest BCUT2D eigenvalue weighted by Crippen LogP contribution is 2.25. The van der Waals surface area contributed by atoms with Gasteiger partial charge >= 0.3 is 12.0 Å². The van der Waals surface area contributed by atoms with Gasteiger partial charge in [0.25, 0.3) is 0 Å². The van der Waals surface area contributed by atoms with E-state index in [1.807, 2.05) is 25.6 Å². The lowest BCUT2D eigenvalue weighted by Gasteiger charge is -2.27. The van der Waals surface area contributed by atoms with Crippen LogP contribution in [0.3, 0.4) is 0 Å². The quantitative estimate of drug-likeness (QED) is 0.669. The SMILES string of the molecule is CCC(CC)(CNC(=O)NCC1CCSC1)C(=O)O. The molecule has 1 fully saturated rings. The van der Waals surface area contributed by atoms with Crippen LogP contribution in [-0.2, 0) is 4.79 Å². The van der Waals surface area contributed by atoms with Crippen molar-refractivity contribution in [2.24, 2.45) is 11.3 Å². The molecule has 3 N–H and O–H groups in total. The Morgan fingerprint density at radius 1 is 1.32 bits per heavy atom. The van der Waals surface area contributed by atoms with E-state index < -0.39 is 11.4 Å². The van der Waals surface area contributed by atoms with Crippen molar-refractivity contribution < 1.29 is 14.7 Å². The first-order valence-corrected chi connectivity index (χ1v) is 8.02. The van der Waals surface area contributed by atoms with Crippen LogP contribution >= 0.6 is 11.8 Å². The summed E-state index contributed by atoms with van der Waals surface area (Å²) in [5, 5.41) is 14.8. The van der Waals surface area contributed by atoms with E-state index in [0.29, 0.717) is 25.3 Å². The normalized spacial score (nSPS) is 19.2. The van der Waals surface area contributed by atoms with Crippen LogP contribution in [-0.4, -0.2) is 41.7 Å². The zero-order valence-corrected chi connectivity index (χ0v) is 12.5. The largest absolute Gasteiger partial charge is 0.481 e. The zero-order valence-electron chi connectivity index (χ0n) is 11.7. The maximum atomic E-state index is 11.7. The van der Waals surface area contributed by atoms with Crippen LogP contribution in [0.4, 0.5) is 4.79 Å². The number of amides is 2. The van der Waals surface area contributed by atoms with Gasteiger partial charge in [0, 0.05) is 13.1 Å². The van der Waals surface area contributed by atoms with Gasteiger partial charge < -0.3 is 15.7 Å². The van der Waals surface area contributed by atoms with Crippen molar-refractivity contribution in [3.8, 4) is 0 Å². The van der Waals surface area contributed by atoms with E-state index in [-0.39, 0.29) is 12.6 Å². The molecule has 0 aliphatic carbocycles. The molecule has 0 radical (unpaired) electrons. The van der Waals surface area contributed by atoms with Gasteiger partial charge in [0.15, 0.2) is 0 Å². The second-order valence-corrected chi connectivity index (χ2v) is 6.24. The summed E-state index contributed by atoms with van der Waals surface area (Å²) >= 11 is 1.91. The fraction of sp³-hybridized carbons (Fsp3) is 0.846. The van der Waals surface area contributed by atoms with Crippen LogP contribution < -0.4 is 10.6 Å². The second-order valence-electron chi connectivity index (χ2n) is 5.09. The Balaban J connectivity index is 2.32. The number of carbonyl (C=O) groups is 2. The molecule has 6 heteroatoms. The van der Waals surface area contributed by atoms with Crippen molar-refractivity contribution in [1.82, 2.24) is 10.6 Å². The number of rotatable bonds is 7. The van der Waals surface area contributed by atoms with Gasteiger partial charge in [0.2, 0.25) is 0 Å². The van der Waals surface area contributed by atoms with Gasteiger partial charge in [-0.3, -0.25) is 4.79 Å². The summed E-state index contributed by atoms with van der Waals surface area (Å²) in [5.74, 6) is 1.98. The Hall–Kier alpha value is -0.910. The van der Waals surface area contributed by atoms with Crippen LogP contribution in [0.25, 0.3) is 0 Å². The van der Waals surface area contributed by atoms with Crippen LogP contribution in [0.2, 0.25) is 0 Å². The minimum absolute atomic E-state index is 0.181. The van der Waals surface area contributed by atoms with Crippen LogP contribution in [0.15, 0.2) is 0 Å². The molecule has 110 valence electrons. The standard InChI is InChI=1S/C13H24N2O3S/c1-3-13(4-2,11(16)17)9-15-12(18)14-7-10-5-6-19-8-10/h10H,3-9H2,1-2H3,(H,16,17)(H2,14,15,18). The van der Waals surface area contributed by atoms with Crippen molar-refractivity contribution in [2.45, 2.75) is 33.1 Å². The van der Waals surface area contributed by atoms with Crippen molar-refractivity contribution in [3.05, 3.63) is 0 Å². The van der Waals surface area contributed by atoms with E-state index in [1.54, 1.807) is 0 Å². The molecule has 0 bridgehead atoms. The van der Waals surface area contributed by atoms with Gasteiger partial charge in [0.1, 0.15) is 0 Å². The average Bonchev–Trinajstić information content (AvgIpc) is 2.91. The predicted octanol–water partition coefficient (Wildman–Crippen LogP) is 1.93. The third-order valence-corrected chi connectivity index (χ3v) is 5.20. The first kappa shape index (κ1) is 16.1. The lowest BCUT2D eigenvalue weighted by Crippen LogP contribution is -2.46. The van der Waals surface area contributed by atoms with Crippen molar-refractivity contribution >= 4 is 23.8 Å². The maximum Gasteiger partial charge on any atom is 0.314 e. The lowest BCUT2D eigenvalue weighted by atomic mass is 9.82. The number of thioether (sulfide) groups is 1. The topological polar surface area (TPSA) is 78.4 Å². The number of hydrogen-bond donors (Lipinski definition) is 3. The van der Waals surface area contributed by atoms with Crippen molar-refractivity contribution in [1.29, 1.82) is 0 Å². The molecule has 0 aromatic rings. The summed E-state index contributed by atoms with van der Waals surface area (Å²) in [5.41, 5.74) is -0.847. The molecule has 1 rings (SSSR count). The summed E-state index contributed by atoms with van der Waals surface area (Å²) in [4.78, 5) is 23.0.